The molecule has 0 spiro atoms. The highest BCUT2D eigenvalue weighted by Crippen LogP contribution is 2.44. The van der Waals surface area contributed by atoms with E-state index < -0.39 is 0 Å². The van der Waals surface area contributed by atoms with Crippen LogP contribution in [0.4, 0.5) is 17.1 Å². The Kier molecular flexibility index (Phi) is 27.9. The molecular weight excluding hydrogens is 1280 g/mol. The van der Waals surface area contributed by atoms with Gasteiger partial charge >= 0.3 is 0 Å². The van der Waals surface area contributed by atoms with Crippen molar-refractivity contribution in [2.45, 2.75) is 0 Å². The number of rotatable bonds is 37. The third-order valence-corrected chi connectivity index (χ3v) is 21.0. The summed E-state index contributed by atoms with van der Waals surface area (Å²) in [6.07, 6.45) is 3.71. The van der Waals surface area contributed by atoms with Gasteiger partial charge in [0.1, 0.15) is 5.52 Å². The Morgan fingerprint density at radius 1 is 0.495 bits per heavy atom. The Morgan fingerprint density at radius 3 is 1.31 bits per heavy atom. The number of aldehydes is 2. The van der Waals surface area contributed by atoms with Crippen LogP contribution in [-0.2, 0) is 47.4 Å². The molecule has 7 aromatic heterocycles. The molecule has 18 nitrogen and oxygen atoms in total. The minimum Gasteiger partial charge on any atom is -0.447 e. The fraction of sp³-hybridized carbons (Fsp3) is 0.373. The van der Waals surface area contributed by atoms with E-state index in [0.717, 1.165) is 62.9 Å². The Hall–Kier alpha value is -6.32. The van der Waals surface area contributed by atoms with E-state index in [4.69, 9.17) is 58.4 Å². The zero-order valence-electron chi connectivity index (χ0n) is 51.7. The maximum absolute atomic E-state index is 11.0. The molecule has 0 fully saturated rings. The topological polar surface area (TPSA) is 175 Å². The van der Waals surface area contributed by atoms with Crippen LogP contribution in [0.15, 0.2) is 101 Å². The second-order valence-electron chi connectivity index (χ2n) is 20.2. The standard InChI is InChI=1S/C32H35N3O6S2.C23H31NO6S2.C12H9NOS2/c1-33-27(32-34-26-6-4-5-7-28(26)41-32)21-24-22-30-31(42-24)25-9-8-23(20-29(25)43-30)35(2)10-11-37-14-15-39-18-19-40-17-16-38-13-12-36-3;1-24(5-6-27-9-10-29-13-14-30-12-11-28-8-7-26-2)18-3-4-20-21(15-18)32-22-16-19(17-25)31-23(20)22;1-13-7-2-3-9-10(4-7)16-11-5-8(6-14)15-12(9)11/h4-9,20-22H,10-19H2,2-3H3;3-4,15-17H,5-14H2,1-2H3;2-6,13H,1H3/b27-21-;;. The van der Waals surface area contributed by atoms with Gasteiger partial charge in [0.05, 0.1) is 149 Å². The molecule has 7 heterocycles. The Labute approximate surface area is 553 Å². The number of thiophene rings is 6. The fourth-order valence-electron chi connectivity index (χ4n) is 9.23. The number of aromatic nitrogens is 1. The fourth-order valence-corrected chi connectivity index (χ4v) is 16.5. The number of hydrogen-bond donors (Lipinski definition) is 1. The van der Waals surface area contributed by atoms with Gasteiger partial charge in [0.25, 0.3) is 0 Å². The quantitative estimate of drug-likeness (QED) is 0.0221. The van der Waals surface area contributed by atoms with Gasteiger partial charge in [0.2, 0.25) is 11.6 Å². The predicted octanol–water partition coefficient (Wildman–Crippen LogP) is 14.9. The van der Waals surface area contributed by atoms with E-state index >= 15 is 0 Å². The molecule has 0 amide bonds. The summed E-state index contributed by atoms with van der Waals surface area (Å²) < 4.78 is 70.7. The second kappa shape index (κ2) is 36.8. The van der Waals surface area contributed by atoms with E-state index in [2.05, 4.69) is 99.7 Å². The third kappa shape index (κ3) is 19.9. The van der Waals surface area contributed by atoms with E-state index in [9.17, 15) is 9.59 Å². The minimum absolute atomic E-state index is 0.350. The van der Waals surface area contributed by atoms with Gasteiger partial charge in [0, 0.05) is 115 Å². The van der Waals surface area contributed by atoms with Crippen LogP contribution in [0.1, 0.15) is 30.1 Å². The number of fused-ring (bicyclic) bond motifs is 10. The summed E-state index contributed by atoms with van der Waals surface area (Å²) in [6.45, 7) is 19.5. The molecule has 11 rings (SSSR count). The molecule has 91 heavy (non-hydrogen) atoms. The molecule has 0 radical (unpaired) electrons. The van der Waals surface area contributed by atoms with Gasteiger partial charge in [0.15, 0.2) is 18.2 Å². The molecule has 1 N–H and O–H groups in total. The number of ether oxygens (including phenoxy) is 10. The minimum atomic E-state index is 0.350. The summed E-state index contributed by atoms with van der Waals surface area (Å²) in [5, 5.41) is 6.82. The molecule has 4 aromatic carbocycles. The highest BCUT2D eigenvalue weighted by molar-refractivity contribution is 7.34. The zero-order chi connectivity index (χ0) is 63.6. The molecule has 0 atom stereocenters. The summed E-state index contributed by atoms with van der Waals surface area (Å²) in [4.78, 5) is 36.9. The van der Waals surface area contributed by atoms with Crippen LogP contribution < -0.4 is 15.1 Å². The van der Waals surface area contributed by atoms with Crippen LogP contribution in [0, 0.1) is 6.57 Å². The van der Waals surface area contributed by atoms with Gasteiger partial charge in [-0.2, -0.15) is 0 Å². The molecule has 0 aliphatic rings. The van der Waals surface area contributed by atoms with Gasteiger partial charge < -0.3 is 66.9 Å². The second-order valence-corrected chi connectivity index (χ2v) is 26.7. The Bertz CT molecular complexity index is 4090. The van der Waals surface area contributed by atoms with E-state index in [1.165, 1.54) is 58.5 Å². The number of anilines is 3. The molecule has 0 bridgehead atoms. The lowest BCUT2D eigenvalue weighted by atomic mass is 10.2. The van der Waals surface area contributed by atoms with E-state index in [-0.39, 0.29) is 0 Å². The lowest BCUT2D eigenvalue weighted by Crippen LogP contribution is -2.23. The predicted molar refractivity (Wildman–Crippen MR) is 377 cm³/mol. The zero-order valence-corrected chi connectivity index (χ0v) is 56.6. The summed E-state index contributed by atoms with van der Waals surface area (Å²) in [5.74, 6) is 0.350. The van der Waals surface area contributed by atoms with Gasteiger partial charge in [-0.05, 0) is 72.8 Å². The van der Waals surface area contributed by atoms with Crippen molar-refractivity contribution in [3.05, 3.63) is 129 Å². The monoisotopic (exact) mass is 1350 g/mol. The van der Waals surface area contributed by atoms with Crippen molar-refractivity contribution in [3.8, 4) is 0 Å². The van der Waals surface area contributed by atoms with Crippen LogP contribution in [0.2, 0.25) is 0 Å². The van der Waals surface area contributed by atoms with Gasteiger partial charge in [-0.25, -0.2) is 9.83 Å². The van der Waals surface area contributed by atoms with Gasteiger partial charge in [-0.1, -0.05) is 30.3 Å². The highest BCUT2D eigenvalue weighted by atomic mass is 32.1. The number of carbonyl (C=O) groups excluding carboxylic acids is 2. The van der Waals surface area contributed by atoms with Gasteiger partial charge in [-0.15, -0.1) is 68.0 Å². The molecule has 0 aliphatic carbocycles. The number of oxazole rings is 1. The lowest BCUT2D eigenvalue weighted by Gasteiger charge is -2.19. The lowest BCUT2D eigenvalue weighted by molar-refractivity contribution is -0.00719. The van der Waals surface area contributed by atoms with Crippen molar-refractivity contribution >= 4 is 179 Å². The number of methoxy groups -OCH3 is 2. The molecule has 24 heteroatoms. The average Bonchev–Trinajstić information content (AvgIpc) is 1.67. The van der Waals surface area contributed by atoms with Crippen molar-refractivity contribution in [2.24, 2.45) is 0 Å². The first-order valence-electron chi connectivity index (χ1n) is 29.6. The van der Waals surface area contributed by atoms with Crippen molar-refractivity contribution in [2.75, 3.05) is 182 Å². The molecule has 0 saturated carbocycles. The number of benzene rings is 4. The van der Waals surface area contributed by atoms with Gasteiger partial charge in [-0.3, -0.25) is 9.59 Å². The highest BCUT2D eigenvalue weighted by Gasteiger charge is 2.16. The summed E-state index contributed by atoms with van der Waals surface area (Å²) >= 11 is 10.0. The summed E-state index contributed by atoms with van der Waals surface area (Å²) in [5.41, 5.74) is 5.26. The molecular formula is C67H75N5O13S6. The number of para-hydroxylation sites is 2. The smallest absolute Gasteiger partial charge is 0.249 e. The molecule has 0 saturated heterocycles. The van der Waals surface area contributed by atoms with Crippen molar-refractivity contribution < 1.29 is 61.4 Å². The van der Waals surface area contributed by atoms with Crippen molar-refractivity contribution in [3.63, 3.8) is 0 Å². The van der Waals surface area contributed by atoms with Crippen molar-refractivity contribution in [1.29, 1.82) is 0 Å². The number of nitrogens with zero attached hydrogens (tertiary/aromatic N) is 4. The largest absolute Gasteiger partial charge is 0.447 e. The van der Waals surface area contributed by atoms with Crippen LogP contribution in [0.5, 0.6) is 0 Å². The number of likely N-dealkylation sites (N-methyl/N-ethyl adjacent to an activating group) is 2. The molecule has 0 aliphatic heterocycles. The number of nitrogens with one attached hydrogen (secondary N) is 1. The van der Waals surface area contributed by atoms with E-state index in [1.54, 1.807) is 82.2 Å². The number of hydrogen-bond acceptors (Lipinski definition) is 23. The van der Waals surface area contributed by atoms with Crippen LogP contribution in [0.25, 0.3) is 86.2 Å². The Balaban J connectivity index is 0.000000178. The number of carbonyl (C=O) groups is 2. The van der Waals surface area contributed by atoms with E-state index in [1.807, 2.05) is 49.5 Å². The van der Waals surface area contributed by atoms with Crippen LogP contribution in [0.3, 0.4) is 0 Å². The molecule has 482 valence electrons. The van der Waals surface area contributed by atoms with Crippen molar-refractivity contribution in [1.82, 2.24) is 4.98 Å². The van der Waals surface area contributed by atoms with Crippen LogP contribution in [-0.4, -0.2) is 185 Å². The third-order valence-electron chi connectivity index (χ3n) is 14.0. The molecule has 0 unspecified atom stereocenters. The maximum Gasteiger partial charge on any atom is 0.249 e. The van der Waals surface area contributed by atoms with Crippen LogP contribution >= 0.6 is 68.0 Å². The maximum atomic E-state index is 11.0. The Morgan fingerprint density at radius 2 is 0.890 bits per heavy atom. The van der Waals surface area contributed by atoms with E-state index in [0.29, 0.717) is 136 Å². The molecule has 11 aromatic rings. The first kappa shape index (κ1) is 69.0. The first-order chi connectivity index (χ1) is 44.7. The average molecular weight is 1350 g/mol. The first-order valence-corrected chi connectivity index (χ1v) is 34.5. The summed E-state index contributed by atoms with van der Waals surface area (Å²) in [6, 6.07) is 33.0. The SMILES string of the molecule is CNc1ccc2c(c1)sc1cc(C=O)sc12.COCCOCCOCCOCCOCCN(C)c1ccc2c(c1)sc1cc(C=O)sc12.[C-]#[N+]/C(=C\c1cc2sc3cc(N(C)CCOCCOCCOCCOCCOC)ccc3c2s1)c1nc2ccccc2o1. The summed E-state index contributed by atoms with van der Waals surface area (Å²) in [7, 11) is 9.37. The normalized spacial score (nSPS) is 11.7.